The molecule has 129 heavy (non-hydrogen) atoms. The first-order valence-corrected chi connectivity index (χ1v) is 46.5. The predicted molar refractivity (Wildman–Crippen MR) is 490 cm³/mol. The molecule has 0 aliphatic rings. The number of phosphoric ester groups is 1. The molecule has 0 fully saturated rings. The fraction of sp³-hybridized carbons (Fsp3) is 0.563. The summed E-state index contributed by atoms with van der Waals surface area (Å²) in [5.41, 5.74) is 25.5. The fourth-order valence-corrected chi connectivity index (χ4v) is 17.4. The molecule has 0 saturated carbocycles. The molecule has 6 heterocycles. The number of pyridine rings is 3. The zero-order chi connectivity index (χ0) is 94.7. The molecule has 709 valence electrons. The van der Waals surface area contributed by atoms with Crippen LogP contribution < -0.4 is 17.2 Å². The molecular weight excluding hydrogens is 1760 g/mol. The Balaban J connectivity index is 0.000000355. The van der Waals surface area contributed by atoms with Gasteiger partial charge >= 0.3 is 52.2 Å². The first kappa shape index (κ1) is 112. The van der Waals surface area contributed by atoms with Crippen molar-refractivity contribution in [3.05, 3.63) is 102 Å². The molecule has 0 bridgehead atoms. The van der Waals surface area contributed by atoms with Gasteiger partial charge in [0.1, 0.15) is 60.5 Å². The van der Waals surface area contributed by atoms with Crippen molar-refractivity contribution in [1.82, 2.24) is 52.9 Å². The van der Waals surface area contributed by atoms with Gasteiger partial charge in [0.25, 0.3) is 0 Å². The summed E-state index contributed by atoms with van der Waals surface area (Å²) in [5.74, 6) is 0.479. The molecule has 9 rings (SSSR count). The number of esters is 6. The first-order valence-electron chi connectivity index (χ1n) is 42.7. The number of nitriles is 1. The maximum absolute atomic E-state index is 12.5. The van der Waals surface area contributed by atoms with Crippen LogP contribution in [0, 0.1) is 17.9 Å². The third-order valence-corrected chi connectivity index (χ3v) is 23.7. The van der Waals surface area contributed by atoms with E-state index in [1.807, 2.05) is 83.4 Å². The number of benzene rings is 3. The number of anilines is 3. The molecule has 0 spiro atoms. The van der Waals surface area contributed by atoms with Crippen LogP contribution in [0.2, 0.25) is 0 Å². The Morgan fingerprint density at radius 3 is 1.19 bits per heavy atom. The van der Waals surface area contributed by atoms with Crippen molar-refractivity contribution in [2.45, 2.75) is 244 Å². The second kappa shape index (κ2) is 58.5. The fourth-order valence-electron chi connectivity index (χ4n) is 13.3. The van der Waals surface area contributed by atoms with E-state index in [0.29, 0.717) is 90.8 Å². The number of carbonyl (C=O) groups is 6. The van der Waals surface area contributed by atoms with E-state index in [-0.39, 0.29) is 91.0 Å². The van der Waals surface area contributed by atoms with Gasteiger partial charge in [-0.1, -0.05) is 94.6 Å². The molecule has 2 unspecified atom stereocenters. The summed E-state index contributed by atoms with van der Waals surface area (Å²) >= 11 is 0. The number of aliphatic hydroxyl groups excluding tert-OH is 2. The van der Waals surface area contributed by atoms with Crippen molar-refractivity contribution < 1.29 is 123 Å². The second-order valence-corrected chi connectivity index (χ2v) is 34.6. The topological polar surface area (TPSA) is 496 Å². The average molecular weight is 1890 g/mol. The van der Waals surface area contributed by atoms with E-state index in [2.05, 4.69) is 129 Å². The minimum Gasteiger partial charge on any atom is -0.462 e. The van der Waals surface area contributed by atoms with Gasteiger partial charge in [0.2, 0.25) is 6.54 Å². The number of nitrogens with zero attached hydrogens (tertiary/aromatic N) is 13. The molecule has 38 nitrogen and oxygen atoms in total. The number of aliphatic hydroxyl groups is 2. The Labute approximate surface area is 768 Å². The van der Waals surface area contributed by atoms with Crippen LogP contribution in [0.3, 0.4) is 0 Å². The summed E-state index contributed by atoms with van der Waals surface area (Å²) in [6, 6.07) is 26.9. The summed E-state index contributed by atoms with van der Waals surface area (Å²) in [5, 5.41) is 29.7. The quantitative estimate of drug-likeness (QED) is 0.00678. The van der Waals surface area contributed by atoms with E-state index in [1.54, 1.807) is 0 Å². The van der Waals surface area contributed by atoms with Gasteiger partial charge in [-0.2, -0.15) is 5.26 Å². The SMILES string of the molecule is CC(=O)OC[C@H](CO)OC(C)=O.CCCCc1nc2c(N)nc3ccccc3c2n1CCO.CCCCc1nc2c(N)nc3ccccc3c2n1CCOP(=O)(O)OC[C@@H](COC(C)=O)OC(C)=O.CCCCc1nc2c(N)nc3ccccc3c2n1CCOP(OCCC#N)OC[C@@H](COC(C)=O)OC(C)=O.[C-]#[N+]CCOP(N(C(C)C)C(C)C)N(C(C)C)C(C)C.[V]. The average Bonchev–Trinajstić information content (AvgIpc) is 1.63. The van der Waals surface area contributed by atoms with Crippen molar-refractivity contribution in [3.8, 4) is 6.07 Å². The van der Waals surface area contributed by atoms with Gasteiger partial charge in [-0.3, -0.25) is 37.8 Å². The Hall–Kier alpha value is -9.27. The zero-order valence-corrected chi connectivity index (χ0v) is 81.2. The number of phosphoric acid groups is 1. The van der Waals surface area contributed by atoms with Crippen LogP contribution in [-0.4, -0.2) is 226 Å². The van der Waals surface area contributed by atoms with Gasteiger partial charge < -0.3 is 97.4 Å². The number of aryl methyl sites for hydroxylation is 3. The van der Waals surface area contributed by atoms with Crippen LogP contribution in [0.25, 0.3) is 70.7 Å². The van der Waals surface area contributed by atoms with Crippen molar-refractivity contribution >= 4 is 144 Å². The summed E-state index contributed by atoms with van der Waals surface area (Å²) in [6.07, 6.45) is 5.85. The third kappa shape index (κ3) is 36.8. The maximum atomic E-state index is 12.5. The van der Waals surface area contributed by atoms with Gasteiger partial charge in [0, 0.05) is 139 Å². The maximum Gasteiger partial charge on any atom is 0.472 e. The second-order valence-electron chi connectivity index (χ2n) is 30.3. The number of fused-ring (bicyclic) bond motifs is 9. The number of carbonyl (C=O) groups excluding carboxylic acids is 6. The Bertz CT molecular complexity index is 5130. The molecular formula is C87H129N16O22P3V. The molecule has 1 radical (unpaired) electrons. The normalized spacial score (nSPS) is 12.7. The van der Waals surface area contributed by atoms with Crippen molar-refractivity contribution in [1.29, 1.82) is 5.26 Å². The van der Waals surface area contributed by atoms with Crippen molar-refractivity contribution in [3.63, 3.8) is 0 Å². The Morgan fingerprint density at radius 1 is 0.488 bits per heavy atom. The van der Waals surface area contributed by atoms with E-state index in [4.69, 9.17) is 90.2 Å². The number of rotatable bonds is 47. The molecule has 9 aromatic rings. The van der Waals surface area contributed by atoms with Crippen LogP contribution in [-0.2, 0) is 146 Å². The molecule has 0 saturated heterocycles. The van der Waals surface area contributed by atoms with Gasteiger partial charge in [-0.05, 0) is 92.9 Å². The number of aromatic nitrogens is 9. The van der Waals surface area contributed by atoms with E-state index in [9.17, 15) is 43.3 Å². The number of imidazole rings is 3. The summed E-state index contributed by atoms with van der Waals surface area (Å²) < 4.78 is 86.1. The first-order chi connectivity index (χ1) is 61.0. The summed E-state index contributed by atoms with van der Waals surface area (Å²) in [4.78, 5) is 107. The monoisotopic (exact) mass is 1890 g/mol. The van der Waals surface area contributed by atoms with Crippen LogP contribution in [0.1, 0.15) is 180 Å². The largest absolute Gasteiger partial charge is 0.472 e. The van der Waals surface area contributed by atoms with E-state index in [1.165, 1.54) is 34.6 Å². The molecule has 6 aromatic heterocycles. The minimum atomic E-state index is -4.51. The van der Waals surface area contributed by atoms with E-state index in [0.717, 1.165) is 125 Å². The number of para-hydroxylation sites is 3. The predicted octanol–water partition coefficient (Wildman–Crippen LogP) is 13.7. The number of hydrogen-bond acceptors (Lipinski definition) is 33. The zero-order valence-electron chi connectivity index (χ0n) is 77.1. The number of unbranched alkanes of at least 4 members (excludes halogenated alkanes) is 3. The van der Waals surface area contributed by atoms with Crippen LogP contribution in [0.4, 0.5) is 17.5 Å². The smallest absolute Gasteiger partial charge is 0.462 e. The molecule has 0 aliphatic carbocycles. The van der Waals surface area contributed by atoms with Crippen LogP contribution in [0.5, 0.6) is 0 Å². The Kier molecular flexibility index (Phi) is 50.8. The van der Waals surface area contributed by atoms with Gasteiger partial charge in [0.05, 0.1) is 91.8 Å². The molecule has 9 N–H and O–H groups in total. The van der Waals surface area contributed by atoms with E-state index >= 15 is 0 Å². The summed E-state index contributed by atoms with van der Waals surface area (Å²) in [6.45, 7) is 39.1. The van der Waals surface area contributed by atoms with Crippen LogP contribution >= 0.6 is 24.9 Å². The van der Waals surface area contributed by atoms with Crippen molar-refractivity contribution in [2.24, 2.45) is 0 Å². The third-order valence-electron chi connectivity index (χ3n) is 18.5. The molecule has 0 amide bonds. The Morgan fingerprint density at radius 2 is 0.845 bits per heavy atom. The van der Waals surface area contributed by atoms with Crippen molar-refractivity contribution in [2.75, 3.05) is 96.4 Å². The number of ether oxygens (including phenoxy) is 6. The molecule has 3 aromatic carbocycles. The molecule has 5 atom stereocenters. The number of hydrogen-bond donors (Lipinski definition) is 6. The standard InChI is InChI=1S/C26H34N5O7P.C23H31N4O8P.C16H20N4O.C15H32N3OP.C7H12O5.V/c1-4-5-11-23-30-24-25(21-9-6-7-10-22(21)29-26(24)28)31(23)13-15-36-39(35-14-8-12-27)37-17-20(38-19(3)33)16-34-18(2)32;1-4-5-10-20-26-21-22(18-8-6-7-9-19(18)25-23(21)24)27(20)11-12-33-36(30,31)34-14-17(35-16(3)29)13-32-15(2)28;1-2-3-8-13-19-14-15(20(13)9-10-21)11-6-4-5-7-12(11)18-16(14)17;1-12(2)17(13(3)4)20(19-11-10-16-9)18(14(5)6)15(7)8;1-5(9)11-4-7(3-8)12-6(2)10;/h6-7,9-10,20H,4-5,8,11,13-17H2,1-3H3,(H2,28,29);6-9,17H,4-5,10-14H2,1-3H3,(H2,24,25)(H,30,31);4-7,21H,2-3,8-10H2,1H3,(H2,17,18);12-15H,10-11H2,1-8H3;7-8H,3-4H2,1-2H3;/t20-,39?;17-;;;7-;/m11..0./s1. The molecule has 0 aliphatic heterocycles. The number of nitrogen functional groups attached to an aromatic ring is 3. The number of nitrogens with two attached hydrogens (primary N) is 3. The van der Waals surface area contributed by atoms with Gasteiger partial charge in [0.15, 0.2) is 44.2 Å². The van der Waals surface area contributed by atoms with E-state index < -0.39 is 85.6 Å². The van der Waals surface area contributed by atoms with Gasteiger partial charge in [-0.25, -0.2) is 50.4 Å². The van der Waals surface area contributed by atoms with Crippen LogP contribution in [0.15, 0.2) is 72.8 Å². The summed E-state index contributed by atoms with van der Waals surface area (Å²) in [7, 11) is -7.24. The van der Waals surface area contributed by atoms with Gasteiger partial charge in [-0.15, -0.1) is 0 Å². The molecule has 42 heteroatoms. The minimum absolute atomic E-state index is 0.